The van der Waals surface area contributed by atoms with E-state index in [1.54, 1.807) is 16.7 Å². The fourth-order valence-electron chi connectivity index (χ4n) is 2.22. The third-order valence-electron chi connectivity index (χ3n) is 3.10. The summed E-state index contributed by atoms with van der Waals surface area (Å²) in [7, 11) is 0. The Morgan fingerprint density at radius 2 is 2.17 bits per heavy atom. The predicted molar refractivity (Wildman–Crippen MR) is 72.9 cm³/mol. The van der Waals surface area contributed by atoms with Crippen molar-refractivity contribution in [3.05, 3.63) is 0 Å². The highest BCUT2D eigenvalue weighted by Gasteiger charge is 2.31. The van der Waals surface area contributed by atoms with Crippen LogP contribution in [0, 0.1) is 11.8 Å². The monoisotopic (exact) mass is 274 g/mol. The molecule has 2 unspecified atom stereocenters. The average Bonchev–Trinajstić information content (AvgIpc) is 2.33. The van der Waals surface area contributed by atoms with E-state index in [0.29, 0.717) is 26.1 Å². The Balaban J connectivity index is 2.39. The quantitative estimate of drug-likeness (QED) is 0.745. The number of urea groups is 1. The first-order chi connectivity index (χ1) is 8.54. The fourth-order valence-corrected chi connectivity index (χ4v) is 2.65. The number of carboxylic acids is 1. The van der Waals surface area contributed by atoms with E-state index in [0.717, 1.165) is 12.2 Å². The fraction of sp³-hybridized carbons (Fsp3) is 0.833. The van der Waals surface area contributed by atoms with Crippen molar-refractivity contribution in [2.45, 2.75) is 19.8 Å². The highest BCUT2D eigenvalue weighted by atomic mass is 32.2. The number of amides is 2. The lowest BCUT2D eigenvalue weighted by atomic mass is 9.91. The zero-order valence-corrected chi connectivity index (χ0v) is 11.8. The number of aliphatic carboxylic acids is 1. The summed E-state index contributed by atoms with van der Waals surface area (Å²) in [5, 5.41) is 11.9. The second kappa shape index (κ2) is 7.51. The van der Waals surface area contributed by atoms with E-state index in [9.17, 15) is 9.59 Å². The molecule has 1 saturated heterocycles. The molecule has 5 nitrogen and oxygen atoms in total. The molecule has 0 aromatic carbocycles. The van der Waals surface area contributed by atoms with Crippen molar-refractivity contribution in [3.63, 3.8) is 0 Å². The van der Waals surface area contributed by atoms with Crippen molar-refractivity contribution < 1.29 is 14.7 Å². The first kappa shape index (κ1) is 15.1. The maximum Gasteiger partial charge on any atom is 0.317 e. The molecule has 0 spiro atoms. The smallest absolute Gasteiger partial charge is 0.317 e. The van der Waals surface area contributed by atoms with Crippen LogP contribution in [0.2, 0.25) is 0 Å². The molecule has 0 radical (unpaired) electrons. The minimum Gasteiger partial charge on any atom is -0.481 e. The van der Waals surface area contributed by atoms with Gasteiger partial charge in [-0.15, -0.1) is 0 Å². The van der Waals surface area contributed by atoms with Gasteiger partial charge in [-0.2, -0.15) is 11.8 Å². The third-order valence-corrected chi connectivity index (χ3v) is 3.79. The molecule has 104 valence electrons. The molecule has 0 aliphatic carbocycles. The van der Waals surface area contributed by atoms with Gasteiger partial charge in [-0.05, 0) is 30.8 Å². The predicted octanol–water partition coefficient (Wildman–Crippen LogP) is 1.49. The maximum absolute atomic E-state index is 11.9. The molecule has 2 N–H and O–H groups in total. The molecule has 6 heteroatoms. The zero-order chi connectivity index (χ0) is 13.5. The molecule has 1 rings (SSSR count). The number of nitrogens with one attached hydrogen (secondary N) is 1. The van der Waals surface area contributed by atoms with Crippen LogP contribution < -0.4 is 5.32 Å². The summed E-state index contributed by atoms with van der Waals surface area (Å²) in [6.45, 7) is 3.62. The van der Waals surface area contributed by atoms with Crippen LogP contribution in [-0.4, -0.2) is 53.6 Å². The Labute approximate surface area is 112 Å². The Kier molecular flexibility index (Phi) is 6.32. The molecule has 1 aliphatic rings. The number of rotatable bonds is 5. The van der Waals surface area contributed by atoms with Gasteiger partial charge < -0.3 is 15.3 Å². The van der Waals surface area contributed by atoms with Gasteiger partial charge in [0.15, 0.2) is 0 Å². The van der Waals surface area contributed by atoms with Gasteiger partial charge in [-0.3, -0.25) is 4.79 Å². The van der Waals surface area contributed by atoms with Crippen molar-refractivity contribution in [2.75, 3.05) is 31.6 Å². The standard InChI is InChI=1S/C12H22N2O3S/c1-9-6-10(11(15)16)8-14(7-9)12(17)13-4-3-5-18-2/h9-10H,3-8H2,1-2H3,(H,13,17)(H,15,16). The van der Waals surface area contributed by atoms with E-state index < -0.39 is 11.9 Å². The van der Waals surface area contributed by atoms with Gasteiger partial charge in [0.25, 0.3) is 0 Å². The highest BCUT2D eigenvalue weighted by molar-refractivity contribution is 7.98. The van der Waals surface area contributed by atoms with Crippen molar-refractivity contribution in [2.24, 2.45) is 11.8 Å². The van der Waals surface area contributed by atoms with Crippen LogP contribution >= 0.6 is 11.8 Å². The number of thioether (sulfide) groups is 1. The van der Waals surface area contributed by atoms with Gasteiger partial charge in [0.2, 0.25) is 0 Å². The van der Waals surface area contributed by atoms with Crippen molar-refractivity contribution in [1.82, 2.24) is 10.2 Å². The maximum atomic E-state index is 11.9. The second-order valence-electron chi connectivity index (χ2n) is 4.86. The summed E-state index contributed by atoms with van der Waals surface area (Å²) in [5.41, 5.74) is 0. The van der Waals surface area contributed by atoms with Crippen LogP contribution in [0.1, 0.15) is 19.8 Å². The Morgan fingerprint density at radius 1 is 1.44 bits per heavy atom. The summed E-state index contributed by atoms with van der Waals surface area (Å²) < 4.78 is 0. The molecule has 2 atom stereocenters. The normalized spacial score (nSPS) is 23.8. The Hall–Kier alpha value is -0.910. The van der Waals surface area contributed by atoms with E-state index >= 15 is 0 Å². The van der Waals surface area contributed by atoms with Gasteiger partial charge in [-0.25, -0.2) is 4.79 Å². The highest BCUT2D eigenvalue weighted by Crippen LogP contribution is 2.21. The third kappa shape index (κ3) is 4.76. The number of carbonyl (C=O) groups excluding carboxylic acids is 1. The van der Waals surface area contributed by atoms with Crippen molar-refractivity contribution in [3.8, 4) is 0 Å². The number of hydrogen-bond donors (Lipinski definition) is 2. The summed E-state index contributed by atoms with van der Waals surface area (Å²) in [6.07, 6.45) is 3.63. The number of likely N-dealkylation sites (tertiary alicyclic amines) is 1. The summed E-state index contributed by atoms with van der Waals surface area (Å²) in [4.78, 5) is 24.5. The first-order valence-electron chi connectivity index (χ1n) is 6.29. The Bertz CT molecular complexity index is 299. The largest absolute Gasteiger partial charge is 0.481 e. The van der Waals surface area contributed by atoms with Crippen LogP contribution in [-0.2, 0) is 4.79 Å². The number of piperidine rings is 1. The summed E-state index contributed by atoms with van der Waals surface area (Å²) in [5.74, 6) is 0.0401. The van der Waals surface area contributed by atoms with E-state index in [2.05, 4.69) is 5.32 Å². The SMILES string of the molecule is CSCCCNC(=O)N1CC(C)CC(C(=O)O)C1. The summed E-state index contributed by atoms with van der Waals surface area (Å²) in [6, 6.07) is -0.131. The molecule has 0 bridgehead atoms. The molecule has 0 aromatic heterocycles. The topological polar surface area (TPSA) is 69.6 Å². The molecule has 1 aliphatic heterocycles. The van der Waals surface area contributed by atoms with Gasteiger partial charge in [0, 0.05) is 19.6 Å². The first-order valence-corrected chi connectivity index (χ1v) is 7.68. The average molecular weight is 274 g/mol. The molecule has 2 amide bonds. The van der Waals surface area contributed by atoms with Crippen LogP contribution in [0.25, 0.3) is 0 Å². The van der Waals surface area contributed by atoms with E-state index in [1.165, 1.54) is 0 Å². The van der Waals surface area contributed by atoms with E-state index in [4.69, 9.17) is 5.11 Å². The van der Waals surface area contributed by atoms with Gasteiger partial charge in [-0.1, -0.05) is 6.92 Å². The summed E-state index contributed by atoms with van der Waals surface area (Å²) >= 11 is 1.75. The minimum absolute atomic E-state index is 0.131. The molecule has 1 heterocycles. The molecule has 0 saturated carbocycles. The molecule has 1 fully saturated rings. The zero-order valence-electron chi connectivity index (χ0n) is 11.0. The number of carbonyl (C=O) groups is 2. The van der Waals surface area contributed by atoms with Gasteiger partial charge in [0.05, 0.1) is 5.92 Å². The van der Waals surface area contributed by atoms with E-state index in [1.807, 2.05) is 13.2 Å². The molecule has 18 heavy (non-hydrogen) atoms. The van der Waals surface area contributed by atoms with Crippen LogP contribution in [0.3, 0.4) is 0 Å². The molecular formula is C12H22N2O3S. The lowest BCUT2D eigenvalue weighted by Crippen LogP contribution is -2.49. The van der Waals surface area contributed by atoms with Crippen LogP contribution in [0.15, 0.2) is 0 Å². The lowest BCUT2D eigenvalue weighted by Gasteiger charge is -2.34. The van der Waals surface area contributed by atoms with Crippen molar-refractivity contribution >= 4 is 23.8 Å². The molecule has 0 aromatic rings. The lowest BCUT2D eigenvalue weighted by molar-refractivity contribution is -0.143. The van der Waals surface area contributed by atoms with Crippen LogP contribution in [0.5, 0.6) is 0 Å². The Morgan fingerprint density at radius 3 is 2.78 bits per heavy atom. The molecular weight excluding hydrogens is 252 g/mol. The van der Waals surface area contributed by atoms with Crippen LogP contribution in [0.4, 0.5) is 4.79 Å². The number of hydrogen-bond acceptors (Lipinski definition) is 3. The van der Waals surface area contributed by atoms with Crippen molar-refractivity contribution in [1.29, 1.82) is 0 Å². The number of nitrogens with zero attached hydrogens (tertiary/aromatic N) is 1. The van der Waals surface area contributed by atoms with Gasteiger partial charge in [0.1, 0.15) is 0 Å². The minimum atomic E-state index is -0.804. The van der Waals surface area contributed by atoms with Gasteiger partial charge >= 0.3 is 12.0 Å². The second-order valence-corrected chi connectivity index (χ2v) is 5.84. The van der Waals surface area contributed by atoms with E-state index in [-0.39, 0.29) is 11.9 Å². The number of carboxylic acid groups (broad SMARTS) is 1.